The molecule has 0 unspecified atom stereocenters. The van der Waals surface area contributed by atoms with Crippen molar-refractivity contribution in [1.82, 2.24) is 0 Å². The van der Waals surface area contributed by atoms with Crippen LogP contribution in [-0.4, -0.2) is 18.5 Å². The van der Waals surface area contributed by atoms with Gasteiger partial charge in [-0.3, -0.25) is 9.59 Å². The number of ether oxygens (including phenoxy) is 1. The summed E-state index contributed by atoms with van der Waals surface area (Å²) in [7, 11) is 0. The maximum absolute atomic E-state index is 11.7. The number of nitrogens with one attached hydrogen (secondary N) is 1. The molecule has 0 fully saturated rings. The number of amides is 1. The molecular formula is C16H20N2O3. The zero-order valence-corrected chi connectivity index (χ0v) is 12.6. The van der Waals surface area contributed by atoms with E-state index in [1.54, 1.807) is 24.3 Å². The SMILES string of the molecule is CC(C)(C)CC(=O)OCC(=O)Nc1ccc(CC#N)cc1. The van der Waals surface area contributed by atoms with Gasteiger partial charge >= 0.3 is 5.97 Å². The van der Waals surface area contributed by atoms with Crippen molar-refractivity contribution in [3.8, 4) is 6.07 Å². The molecule has 1 amide bonds. The Balaban J connectivity index is 2.40. The molecule has 5 heteroatoms. The van der Waals surface area contributed by atoms with Crippen molar-refractivity contribution in [3.05, 3.63) is 29.8 Å². The Bertz CT molecular complexity index is 536. The van der Waals surface area contributed by atoms with Crippen LogP contribution in [0.5, 0.6) is 0 Å². The van der Waals surface area contributed by atoms with Gasteiger partial charge in [-0.25, -0.2) is 0 Å². The minimum absolute atomic E-state index is 0.163. The third kappa shape index (κ3) is 7.11. The van der Waals surface area contributed by atoms with E-state index >= 15 is 0 Å². The average molecular weight is 288 g/mol. The Kier molecular flexibility index (Phi) is 5.92. The van der Waals surface area contributed by atoms with Crippen LogP contribution in [0, 0.1) is 16.7 Å². The lowest BCUT2D eigenvalue weighted by molar-refractivity contribution is -0.149. The van der Waals surface area contributed by atoms with Gasteiger partial charge in [0.25, 0.3) is 5.91 Å². The maximum Gasteiger partial charge on any atom is 0.306 e. The number of esters is 1. The second-order valence-corrected chi connectivity index (χ2v) is 5.98. The highest BCUT2D eigenvalue weighted by Crippen LogP contribution is 2.18. The predicted octanol–water partition coefficient (Wildman–Crippen LogP) is 2.67. The summed E-state index contributed by atoms with van der Waals surface area (Å²) in [5.74, 6) is -0.771. The molecule has 0 aromatic heterocycles. The van der Waals surface area contributed by atoms with Gasteiger partial charge in [0.05, 0.1) is 18.9 Å². The second kappa shape index (κ2) is 7.44. The van der Waals surface area contributed by atoms with Crippen molar-refractivity contribution in [1.29, 1.82) is 5.26 Å². The number of carbonyl (C=O) groups is 2. The first-order valence-corrected chi connectivity index (χ1v) is 6.71. The van der Waals surface area contributed by atoms with Crippen molar-refractivity contribution in [2.75, 3.05) is 11.9 Å². The van der Waals surface area contributed by atoms with Gasteiger partial charge < -0.3 is 10.1 Å². The van der Waals surface area contributed by atoms with Gasteiger partial charge in [-0.15, -0.1) is 0 Å². The normalized spacial score (nSPS) is 10.6. The van der Waals surface area contributed by atoms with Crippen molar-refractivity contribution in [3.63, 3.8) is 0 Å². The number of rotatable bonds is 5. The van der Waals surface area contributed by atoms with Crippen molar-refractivity contribution in [2.24, 2.45) is 5.41 Å². The molecule has 0 aliphatic carbocycles. The summed E-state index contributed by atoms with van der Waals surface area (Å²) in [5, 5.41) is 11.2. The first-order valence-electron chi connectivity index (χ1n) is 6.71. The van der Waals surface area contributed by atoms with E-state index in [0.29, 0.717) is 12.1 Å². The number of nitrogens with zero attached hydrogens (tertiary/aromatic N) is 1. The average Bonchev–Trinajstić information content (AvgIpc) is 2.37. The van der Waals surface area contributed by atoms with Gasteiger partial charge in [0.2, 0.25) is 0 Å². The molecule has 21 heavy (non-hydrogen) atoms. The van der Waals surface area contributed by atoms with Gasteiger partial charge in [-0.2, -0.15) is 5.26 Å². The smallest absolute Gasteiger partial charge is 0.306 e. The van der Waals surface area contributed by atoms with Crippen LogP contribution in [0.3, 0.4) is 0 Å². The summed E-state index contributed by atoms with van der Waals surface area (Å²) >= 11 is 0. The second-order valence-electron chi connectivity index (χ2n) is 5.98. The Morgan fingerprint density at radius 1 is 1.24 bits per heavy atom. The maximum atomic E-state index is 11.7. The summed E-state index contributed by atoms with van der Waals surface area (Å²) in [5.41, 5.74) is 1.32. The van der Waals surface area contributed by atoms with E-state index < -0.39 is 0 Å². The third-order valence-corrected chi connectivity index (χ3v) is 2.56. The summed E-state index contributed by atoms with van der Waals surface area (Å²) in [6.07, 6.45) is 0.599. The van der Waals surface area contributed by atoms with E-state index in [4.69, 9.17) is 10.00 Å². The highest BCUT2D eigenvalue weighted by Gasteiger charge is 2.17. The Morgan fingerprint density at radius 3 is 2.38 bits per heavy atom. The summed E-state index contributed by atoms with van der Waals surface area (Å²) in [4.78, 5) is 23.2. The van der Waals surface area contributed by atoms with E-state index in [9.17, 15) is 9.59 Å². The van der Waals surface area contributed by atoms with Gasteiger partial charge in [-0.05, 0) is 23.1 Å². The molecule has 5 nitrogen and oxygen atoms in total. The molecule has 112 valence electrons. The molecule has 1 aromatic carbocycles. The van der Waals surface area contributed by atoms with Crippen molar-refractivity contribution in [2.45, 2.75) is 33.6 Å². The molecule has 0 aliphatic rings. The zero-order chi connectivity index (χ0) is 15.9. The lowest BCUT2D eigenvalue weighted by Crippen LogP contribution is -2.23. The van der Waals surface area contributed by atoms with Crippen LogP contribution in [-0.2, 0) is 20.7 Å². The van der Waals surface area contributed by atoms with E-state index in [1.807, 2.05) is 20.8 Å². The lowest BCUT2D eigenvalue weighted by atomic mass is 9.92. The third-order valence-electron chi connectivity index (χ3n) is 2.56. The largest absolute Gasteiger partial charge is 0.456 e. The van der Waals surface area contributed by atoms with E-state index in [2.05, 4.69) is 11.4 Å². The number of anilines is 1. The number of hydrogen-bond donors (Lipinski definition) is 1. The zero-order valence-electron chi connectivity index (χ0n) is 12.6. The molecule has 0 atom stereocenters. The van der Waals surface area contributed by atoms with E-state index in [1.165, 1.54) is 0 Å². The molecular weight excluding hydrogens is 268 g/mol. The first kappa shape index (κ1) is 16.7. The Morgan fingerprint density at radius 2 is 1.86 bits per heavy atom. The lowest BCUT2D eigenvalue weighted by Gasteiger charge is -2.16. The van der Waals surface area contributed by atoms with Crippen molar-refractivity contribution >= 4 is 17.6 Å². The Labute approximate surface area is 124 Å². The van der Waals surface area contributed by atoms with Crippen LogP contribution in [0.2, 0.25) is 0 Å². The molecule has 1 aromatic rings. The van der Waals surface area contributed by atoms with Gasteiger partial charge in [0.1, 0.15) is 0 Å². The Hall–Kier alpha value is -2.35. The number of carbonyl (C=O) groups excluding carboxylic acids is 2. The molecule has 0 spiro atoms. The van der Waals surface area contributed by atoms with Crippen LogP contribution in [0.4, 0.5) is 5.69 Å². The van der Waals surface area contributed by atoms with Crippen LogP contribution in [0.15, 0.2) is 24.3 Å². The minimum Gasteiger partial charge on any atom is -0.456 e. The van der Waals surface area contributed by atoms with Gasteiger partial charge in [0, 0.05) is 5.69 Å². The molecule has 0 radical (unpaired) electrons. The fraction of sp³-hybridized carbons (Fsp3) is 0.438. The van der Waals surface area contributed by atoms with Gasteiger partial charge in [-0.1, -0.05) is 32.9 Å². The molecule has 0 aliphatic heterocycles. The molecule has 0 saturated heterocycles. The highest BCUT2D eigenvalue weighted by molar-refractivity contribution is 5.92. The quantitative estimate of drug-likeness (QED) is 0.845. The summed E-state index contributed by atoms with van der Waals surface area (Å²) in [6, 6.07) is 9.01. The molecule has 1 rings (SSSR count). The number of benzene rings is 1. The fourth-order valence-electron chi connectivity index (χ4n) is 1.62. The van der Waals surface area contributed by atoms with Crippen molar-refractivity contribution < 1.29 is 14.3 Å². The van der Waals surface area contributed by atoms with Crippen LogP contribution in [0.25, 0.3) is 0 Å². The predicted molar refractivity (Wildman–Crippen MR) is 79.4 cm³/mol. The van der Waals surface area contributed by atoms with E-state index in [-0.39, 0.29) is 30.3 Å². The van der Waals surface area contributed by atoms with Crippen LogP contribution in [0.1, 0.15) is 32.8 Å². The fourth-order valence-corrected chi connectivity index (χ4v) is 1.62. The molecule has 0 heterocycles. The molecule has 0 saturated carbocycles. The number of hydrogen-bond acceptors (Lipinski definition) is 4. The topological polar surface area (TPSA) is 79.2 Å². The molecule has 0 bridgehead atoms. The van der Waals surface area contributed by atoms with Crippen LogP contribution >= 0.6 is 0 Å². The summed E-state index contributed by atoms with van der Waals surface area (Å²) in [6.45, 7) is 5.49. The van der Waals surface area contributed by atoms with Crippen LogP contribution < -0.4 is 5.32 Å². The standard InChI is InChI=1S/C16H20N2O3/c1-16(2,3)10-15(20)21-11-14(19)18-13-6-4-12(5-7-13)8-9-17/h4-7H,8,10-11H2,1-3H3,(H,18,19). The summed E-state index contributed by atoms with van der Waals surface area (Å²) < 4.78 is 4.92. The number of nitriles is 1. The van der Waals surface area contributed by atoms with E-state index in [0.717, 1.165) is 5.56 Å². The minimum atomic E-state index is -0.387. The van der Waals surface area contributed by atoms with Gasteiger partial charge in [0.15, 0.2) is 6.61 Å². The first-order chi connectivity index (χ1) is 9.80. The monoisotopic (exact) mass is 288 g/mol. The molecule has 1 N–H and O–H groups in total. The highest BCUT2D eigenvalue weighted by atomic mass is 16.5.